The van der Waals surface area contributed by atoms with E-state index >= 15 is 0 Å². The highest BCUT2D eigenvalue weighted by molar-refractivity contribution is 5.71. The zero-order valence-electron chi connectivity index (χ0n) is 14.5. The fourth-order valence-corrected chi connectivity index (χ4v) is 3.65. The van der Waals surface area contributed by atoms with Gasteiger partial charge in [0.2, 0.25) is 0 Å². The molecule has 1 saturated heterocycles. The first-order valence-electron chi connectivity index (χ1n) is 8.18. The molecule has 0 aromatic heterocycles. The van der Waals surface area contributed by atoms with Gasteiger partial charge >= 0.3 is 5.97 Å². The summed E-state index contributed by atoms with van der Waals surface area (Å²) in [5.41, 5.74) is -1.09. The Morgan fingerprint density at radius 2 is 1.77 bits per heavy atom. The molecule has 0 amide bonds. The van der Waals surface area contributed by atoms with E-state index in [1.54, 1.807) is 13.8 Å². The van der Waals surface area contributed by atoms with Crippen molar-refractivity contribution in [2.75, 3.05) is 13.2 Å². The lowest BCUT2D eigenvalue weighted by Gasteiger charge is -2.41. The molecule has 0 radical (unpaired) electrons. The minimum atomic E-state index is -1.29. The normalized spacial score (nSPS) is 33.2. The quantitative estimate of drug-likeness (QED) is 0.811. The Bertz CT molecular complexity index is 405. The Kier molecular flexibility index (Phi) is 4.91. The molecular formula is C17H30O5. The molecule has 2 unspecified atom stereocenters. The highest BCUT2D eigenvalue weighted by atomic mass is 16.7. The molecule has 1 aliphatic heterocycles. The summed E-state index contributed by atoms with van der Waals surface area (Å²) in [6, 6.07) is 0. The van der Waals surface area contributed by atoms with Crippen molar-refractivity contribution >= 4 is 5.97 Å². The van der Waals surface area contributed by atoms with Gasteiger partial charge in [-0.3, -0.25) is 4.79 Å². The van der Waals surface area contributed by atoms with Gasteiger partial charge in [-0.1, -0.05) is 20.8 Å². The second kappa shape index (κ2) is 6.10. The largest absolute Gasteiger partial charge is 0.462 e. The summed E-state index contributed by atoms with van der Waals surface area (Å²) in [5.74, 6) is -0.532. The minimum absolute atomic E-state index is 0.0586. The van der Waals surface area contributed by atoms with E-state index in [1.165, 1.54) is 0 Å². The van der Waals surface area contributed by atoms with Crippen LogP contribution in [0.4, 0.5) is 0 Å². The van der Waals surface area contributed by atoms with Gasteiger partial charge in [0.05, 0.1) is 19.6 Å². The van der Waals surface area contributed by atoms with Crippen molar-refractivity contribution in [1.29, 1.82) is 0 Å². The van der Waals surface area contributed by atoms with Crippen molar-refractivity contribution < 1.29 is 24.1 Å². The number of carbonyl (C=O) groups is 1. The maximum absolute atomic E-state index is 12.2. The van der Waals surface area contributed by atoms with Gasteiger partial charge in [-0.2, -0.15) is 0 Å². The summed E-state index contributed by atoms with van der Waals surface area (Å²) >= 11 is 0. The first kappa shape index (κ1) is 17.7. The third-order valence-corrected chi connectivity index (χ3v) is 4.49. The summed E-state index contributed by atoms with van der Waals surface area (Å²) in [7, 11) is 0. The van der Waals surface area contributed by atoms with Crippen LogP contribution in [0.3, 0.4) is 0 Å². The van der Waals surface area contributed by atoms with E-state index in [0.29, 0.717) is 5.92 Å². The molecule has 2 aliphatic rings. The van der Waals surface area contributed by atoms with Crippen LogP contribution in [0.25, 0.3) is 0 Å². The Morgan fingerprint density at radius 1 is 1.18 bits per heavy atom. The van der Waals surface area contributed by atoms with Crippen LogP contribution in [0.1, 0.15) is 60.3 Å². The van der Waals surface area contributed by atoms with Crippen molar-refractivity contribution in [3.05, 3.63) is 0 Å². The molecule has 0 aromatic carbocycles. The standard InChI is InChI=1S/C17H30O5/c1-12-6-13(8-15(2,3)7-12)22-14(18)9-17(19)10-20-16(4,5)21-11-17/h12-13,19H,6-11H2,1-5H3. The number of aliphatic hydroxyl groups is 1. The van der Waals surface area contributed by atoms with Crippen LogP contribution in [-0.2, 0) is 19.0 Å². The predicted octanol–water partition coefficient (Wildman–Crippen LogP) is 2.65. The summed E-state index contributed by atoms with van der Waals surface area (Å²) in [6.45, 7) is 10.4. The van der Waals surface area contributed by atoms with Gasteiger partial charge in [-0.15, -0.1) is 0 Å². The molecule has 1 heterocycles. The maximum atomic E-state index is 12.2. The fraction of sp³-hybridized carbons (Fsp3) is 0.941. The SMILES string of the molecule is CC1CC(OC(=O)CC2(O)COC(C)(C)OC2)CC(C)(C)C1. The Hall–Kier alpha value is -0.650. The van der Waals surface area contributed by atoms with E-state index in [4.69, 9.17) is 14.2 Å². The molecule has 1 N–H and O–H groups in total. The molecule has 2 atom stereocenters. The molecule has 0 spiro atoms. The lowest BCUT2D eigenvalue weighted by molar-refractivity contribution is -0.302. The van der Waals surface area contributed by atoms with E-state index in [0.717, 1.165) is 19.3 Å². The van der Waals surface area contributed by atoms with Gasteiger partial charge in [0.1, 0.15) is 11.7 Å². The molecule has 5 heteroatoms. The van der Waals surface area contributed by atoms with Crippen LogP contribution in [0.5, 0.6) is 0 Å². The van der Waals surface area contributed by atoms with Gasteiger partial charge in [0.25, 0.3) is 0 Å². The Balaban J connectivity index is 1.85. The zero-order valence-corrected chi connectivity index (χ0v) is 14.5. The highest BCUT2D eigenvalue weighted by Crippen LogP contribution is 2.40. The van der Waals surface area contributed by atoms with Gasteiger partial charge in [-0.25, -0.2) is 0 Å². The topological polar surface area (TPSA) is 65.0 Å². The minimum Gasteiger partial charge on any atom is -0.462 e. The number of esters is 1. The summed E-state index contributed by atoms with van der Waals surface area (Å²) in [4.78, 5) is 12.2. The fourth-order valence-electron chi connectivity index (χ4n) is 3.65. The summed E-state index contributed by atoms with van der Waals surface area (Å²) in [6.07, 6.45) is 2.78. The molecule has 0 aromatic rings. The van der Waals surface area contributed by atoms with E-state index in [-0.39, 0.29) is 37.1 Å². The summed E-state index contributed by atoms with van der Waals surface area (Å²) < 4.78 is 16.5. The molecule has 22 heavy (non-hydrogen) atoms. The van der Waals surface area contributed by atoms with E-state index in [1.807, 2.05) is 0 Å². The average Bonchev–Trinajstić information content (AvgIpc) is 2.30. The first-order chi connectivity index (χ1) is 9.99. The van der Waals surface area contributed by atoms with E-state index < -0.39 is 11.4 Å². The van der Waals surface area contributed by atoms with Crippen LogP contribution in [0.2, 0.25) is 0 Å². The lowest BCUT2D eigenvalue weighted by Crippen LogP contribution is -2.52. The molecule has 0 bridgehead atoms. The molecule has 1 aliphatic carbocycles. The lowest BCUT2D eigenvalue weighted by atomic mass is 9.71. The second-order valence-corrected chi connectivity index (χ2v) is 8.40. The Labute approximate surface area is 133 Å². The summed E-state index contributed by atoms with van der Waals surface area (Å²) in [5, 5.41) is 10.4. The van der Waals surface area contributed by atoms with Gasteiger partial charge in [0, 0.05) is 0 Å². The molecule has 5 nitrogen and oxygen atoms in total. The van der Waals surface area contributed by atoms with Crippen LogP contribution in [0.15, 0.2) is 0 Å². The van der Waals surface area contributed by atoms with Crippen LogP contribution >= 0.6 is 0 Å². The molecule has 2 fully saturated rings. The number of carbonyl (C=O) groups excluding carboxylic acids is 1. The average molecular weight is 314 g/mol. The monoisotopic (exact) mass is 314 g/mol. The van der Waals surface area contributed by atoms with Crippen LogP contribution in [-0.4, -0.2) is 41.8 Å². The number of hydrogen-bond donors (Lipinski definition) is 1. The molecule has 128 valence electrons. The molecule has 1 saturated carbocycles. The third-order valence-electron chi connectivity index (χ3n) is 4.49. The third kappa shape index (κ3) is 4.93. The van der Waals surface area contributed by atoms with E-state index in [2.05, 4.69) is 20.8 Å². The van der Waals surface area contributed by atoms with Crippen molar-refractivity contribution in [3.8, 4) is 0 Å². The Morgan fingerprint density at radius 3 is 2.32 bits per heavy atom. The van der Waals surface area contributed by atoms with Crippen molar-refractivity contribution in [3.63, 3.8) is 0 Å². The van der Waals surface area contributed by atoms with Gasteiger partial charge in [0.15, 0.2) is 5.79 Å². The van der Waals surface area contributed by atoms with E-state index in [9.17, 15) is 9.90 Å². The number of rotatable bonds is 3. The second-order valence-electron chi connectivity index (χ2n) is 8.40. The van der Waals surface area contributed by atoms with Crippen molar-refractivity contribution in [2.24, 2.45) is 11.3 Å². The zero-order chi connectivity index (χ0) is 16.6. The molecular weight excluding hydrogens is 284 g/mol. The molecule has 2 rings (SSSR count). The van der Waals surface area contributed by atoms with Crippen LogP contribution < -0.4 is 0 Å². The van der Waals surface area contributed by atoms with Crippen molar-refractivity contribution in [2.45, 2.75) is 77.8 Å². The van der Waals surface area contributed by atoms with Crippen LogP contribution in [0, 0.1) is 11.3 Å². The maximum Gasteiger partial charge on any atom is 0.309 e. The predicted molar refractivity (Wildman–Crippen MR) is 82.2 cm³/mol. The van der Waals surface area contributed by atoms with Crippen molar-refractivity contribution in [1.82, 2.24) is 0 Å². The van der Waals surface area contributed by atoms with Gasteiger partial charge < -0.3 is 19.3 Å². The highest BCUT2D eigenvalue weighted by Gasteiger charge is 2.41. The van der Waals surface area contributed by atoms with Gasteiger partial charge in [-0.05, 0) is 44.4 Å². The number of hydrogen-bond acceptors (Lipinski definition) is 5. The smallest absolute Gasteiger partial charge is 0.309 e. The number of ether oxygens (including phenoxy) is 3. The first-order valence-corrected chi connectivity index (χ1v) is 8.18.